The number of ether oxygens (including phenoxy) is 1. The Morgan fingerprint density at radius 1 is 0.589 bits per heavy atom. The normalized spacial score (nSPS) is 14.8. The third-order valence-corrected chi connectivity index (χ3v) is 8.81. The zero-order valence-electron chi connectivity index (χ0n) is 33.9. The molecule has 0 aromatic heterocycles. The Labute approximate surface area is 336 Å². The fraction of sp³-hybridized carbons (Fsp3) is 0.568. The molecule has 0 saturated carbocycles. The molecule has 0 rings (SSSR count). The van der Waals surface area contributed by atoms with Crippen LogP contribution in [0.25, 0.3) is 0 Å². The number of nitrogens with one attached hydrogen (secondary N) is 1. The summed E-state index contributed by atoms with van der Waals surface area (Å²) in [4.78, 5) is 45.8. The first-order chi connectivity index (χ1) is 27.1. The minimum atomic E-state index is -4.78. The van der Waals surface area contributed by atoms with Gasteiger partial charge in [0.25, 0.3) is 0 Å². The maximum atomic E-state index is 12.3. The molecule has 3 atom stereocenters. The first-order valence-electron chi connectivity index (χ1n) is 20.3. The highest BCUT2D eigenvalue weighted by molar-refractivity contribution is 7.47. The van der Waals surface area contributed by atoms with Gasteiger partial charge in [-0.1, -0.05) is 124 Å². The lowest BCUT2D eigenvalue weighted by molar-refractivity contribution is -0.147. The summed E-state index contributed by atoms with van der Waals surface area (Å²) in [6.07, 6.45) is 47.3. The molecule has 56 heavy (non-hydrogen) atoms. The number of hydrogen-bond donors (Lipinski definition) is 4. The van der Waals surface area contributed by atoms with Crippen molar-refractivity contribution in [2.75, 3.05) is 19.8 Å². The van der Waals surface area contributed by atoms with Crippen molar-refractivity contribution in [2.45, 2.75) is 142 Å². The highest BCUT2D eigenvalue weighted by atomic mass is 31.2. The largest absolute Gasteiger partial charge is 0.480 e. The number of carbonyl (C=O) groups is 3. The second-order valence-electron chi connectivity index (χ2n) is 13.1. The van der Waals surface area contributed by atoms with Crippen LogP contribution in [0.3, 0.4) is 0 Å². The number of aliphatic hydroxyl groups is 1. The van der Waals surface area contributed by atoms with E-state index in [2.05, 4.69) is 98.2 Å². The van der Waals surface area contributed by atoms with Gasteiger partial charge in [-0.2, -0.15) is 0 Å². The summed E-state index contributed by atoms with van der Waals surface area (Å²) in [6, 6.07) is -1.58. The first kappa shape index (κ1) is 52.4. The minimum Gasteiger partial charge on any atom is -0.480 e. The van der Waals surface area contributed by atoms with E-state index in [-0.39, 0.29) is 12.8 Å². The minimum absolute atomic E-state index is 0.0834. The number of aliphatic carboxylic acids is 1. The molecule has 0 saturated heterocycles. The van der Waals surface area contributed by atoms with Crippen LogP contribution in [0.2, 0.25) is 0 Å². The molecule has 12 heteroatoms. The number of carbonyl (C=O) groups excluding carboxylic acids is 2. The van der Waals surface area contributed by atoms with Crippen LogP contribution < -0.4 is 5.32 Å². The van der Waals surface area contributed by atoms with Crippen LogP contribution in [0.4, 0.5) is 0 Å². The summed E-state index contributed by atoms with van der Waals surface area (Å²) < 4.78 is 26.7. The van der Waals surface area contributed by atoms with E-state index >= 15 is 0 Å². The van der Waals surface area contributed by atoms with Gasteiger partial charge < -0.3 is 25.2 Å². The maximum Gasteiger partial charge on any atom is 0.472 e. The number of phosphoric acid groups is 1. The van der Waals surface area contributed by atoms with Crippen molar-refractivity contribution in [1.82, 2.24) is 5.32 Å². The van der Waals surface area contributed by atoms with E-state index in [9.17, 15) is 34.1 Å². The summed E-state index contributed by atoms with van der Waals surface area (Å²) in [7, 11) is -4.78. The Balaban J connectivity index is 4.09. The molecular weight excluding hydrogens is 733 g/mol. The summed E-state index contributed by atoms with van der Waals surface area (Å²) in [5.74, 6) is -2.51. The van der Waals surface area contributed by atoms with E-state index in [1.165, 1.54) is 19.3 Å². The number of amides is 1. The fourth-order valence-electron chi connectivity index (χ4n) is 4.71. The van der Waals surface area contributed by atoms with E-state index in [0.717, 1.165) is 64.2 Å². The lowest BCUT2D eigenvalue weighted by atomic mass is 10.1. The van der Waals surface area contributed by atoms with Gasteiger partial charge in [-0.25, -0.2) is 9.36 Å². The fourth-order valence-corrected chi connectivity index (χ4v) is 5.48. The lowest BCUT2D eigenvalue weighted by Gasteiger charge is -2.18. The third kappa shape index (κ3) is 37.3. The Hall–Kier alpha value is -3.60. The van der Waals surface area contributed by atoms with Crippen LogP contribution in [0, 0.1) is 0 Å². The van der Waals surface area contributed by atoms with Crippen molar-refractivity contribution in [3.63, 3.8) is 0 Å². The van der Waals surface area contributed by atoms with Crippen LogP contribution in [0.5, 0.6) is 0 Å². The lowest BCUT2D eigenvalue weighted by Crippen LogP contribution is -2.43. The monoisotopic (exact) mass is 803 g/mol. The van der Waals surface area contributed by atoms with Crippen LogP contribution in [0.15, 0.2) is 97.2 Å². The third-order valence-electron chi connectivity index (χ3n) is 7.86. The predicted octanol–water partition coefficient (Wildman–Crippen LogP) is 10.1. The van der Waals surface area contributed by atoms with Crippen molar-refractivity contribution in [1.29, 1.82) is 0 Å². The van der Waals surface area contributed by atoms with Crippen molar-refractivity contribution >= 4 is 25.7 Å². The number of hydrogen-bond acceptors (Lipinski definition) is 8. The molecule has 3 unspecified atom stereocenters. The Morgan fingerprint density at radius 3 is 1.52 bits per heavy atom. The molecule has 0 radical (unpaired) electrons. The van der Waals surface area contributed by atoms with Gasteiger partial charge in [-0.15, -0.1) is 0 Å². The molecule has 0 heterocycles. The van der Waals surface area contributed by atoms with E-state index < -0.39 is 57.6 Å². The molecule has 0 aliphatic rings. The number of esters is 1. The van der Waals surface area contributed by atoms with Crippen LogP contribution in [-0.4, -0.2) is 64.9 Å². The predicted molar refractivity (Wildman–Crippen MR) is 226 cm³/mol. The van der Waals surface area contributed by atoms with Gasteiger partial charge in [-0.05, 0) is 89.9 Å². The molecular formula is C44H70NO10P. The van der Waals surface area contributed by atoms with E-state index in [1.807, 2.05) is 18.2 Å². The topological polar surface area (TPSA) is 169 Å². The van der Waals surface area contributed by atoms with E-state index in [4.69, 9.17) is 13.8 Å². The number of rotatable bonds is 36. The van der Waals surface area contributed by atoms with Crippen LogP contribution in [0.1, 0.15) is 129 Å². The van der Waals surface area contributed by atoms with Crippen molar-refractivity contribution in [2.24, 2.45) is 0 Å². The van der Waals surface area contributed by atoms with Crippen molar-refractivity contribution in [3.8, 4) is 0 Å². The number of unbranched alkanes of at least 4 members (excludes halogenated alkanes) is 6. The molecule has 0 aromatic carbocycles. The number of allylic oxidation sites excluding steroid dienone is 16. The van der Waals surface area contributed by atoms with Crippen molar-refractivity contribution < 1.29 is 47.8 Å². The Kier molecular flexibility index (Phi) is 35.8. The van der Waals surface area contributed by atoms with Gasteiger partial charge in [0.05, 0.1) is 13.2 Å². The van der Waals surface area contributed by atoms with Gasteiger partial charge in [0.2, 0.25) is 5.91 Å². The number of aliphatic hydroxyl groups excluding tert-OH is 1. The number of carboxylic acids is 1. The van der Waals surface area contributed by atoms with Gasteiger partial charge in [0, 0.05) is 12.8 Å². The molecule has 316 valence electrons. The van der Waals surface area contributed by atoms with Crippen molar-refractivity contribution in [3.05, 3.63) is 97.2 Å². The van der Waals surface area contributed by atoms with Gasteiger partial charge in [0.15, 0.2) is 6.04 Å². The quantitative estimate of drug-likeness (QED) is 0.0207. The molecule has 1 amide bonds. The summed E-state index contributed by atoms with van der Waals surface area (Å²) in [5.41, 5.74) is 0. The molecule has 0 bridgehead atoms. The standard InChI is InChI=1S/C44H70NO10P/c1-3-5-7-9-11-13-15-17-19-20-22-24-26-28-30-32-34-36-43(48)53-37-40(46)38-54-56(51,52)55-39-41(44(49)50)45-42(47)35-33-31-29-27-25-23-21-18-16-14-12-10-8-6-4-2/h6,8,11-14,17-19,21-22,24-25,27-28,30,40-41,46H,3-5,7,9-10,15-16,20,23,26,29,31-39H2,1-2H3,(H,45,47)(H,49,50)(H,51,52)/b8-6-,13-11-,14-12-,19-17-,21-18-,24-22-,27-25-,30-28-. The SMILES string of the molecule is CC/C=C\C/C=C\C/C=C\C/C=C\CCCCC(=O)NC(COP(=O)(O)OCC(O)COC(=O)CCC/C=C\C/C=C\C/C=C\C/C=C\CCCCC)C(=O)O. The number of phosphoric ester groups is 1. The molecule has 4 N–H and O–H groups in total. The highest BCUT2D eigenvalue weighted by Gasteiger charge is 2.28. The zero-order chi connectivity index (χ0) is 41.4. The Morgan fingerprint density at radius 2 is 1.04 bits per heavy atom. The second-order valence-corrected chi connectivity index (χ2v) is 14.5. The van der Waals surface area contributed by atoms with Crippen LogP contribution >= 0.6 is 7.82 Å². The average molecular weight is 804 g/mol. The molecule has 0 fully saturated rings. The summed E-state index contributed by atoms with van der Waals surface area (Å²) in [5, 5.41) is 21.7. The second kappa shape index (κ2) is 38.3. The average Bonchev–Trinajstić information content (AvgIpc) is 3.17. The smallest absolute Gasteiger partial charge is 0.472 e. The Bertz CT molecular complexity index is 1310. The van der Waals surface area contributed by atoms with Gasteiger partial charge in [-0.3, -0.25) is 18.6 Å². The molecule has 11 nitrogen and oxygen atoms in total. The molecule has 0 aliphatic heterocycles. The van der Waals surface area contributed by atoms with E-state index in [0.29, 0.717) is 19.3 Å². The summed E-state index contributed by atoms with van der Waals surface area (Å²) >= 11 is 0. The van der Waals surface area contributed by atoms with Gasteiger partial charge >= 0.3 is 19.8 Å². The van der Waals surface area contributed by atoms with Crippen LogP contribution in [-0.2, 0) is 32.7 Å². The number of carboxylic acid groups (broad SMARTS) is 1. The maximum absolute atomic E-state index is 12.3. The molecule has 0 aliphatic carbocycles. The van der Waals surface area contributed by atoms with Gasteiger partial charge in [0.1, 0.15) is 12.7 Å². The first-order valence-corrected chi connectivity index (χ1v) is 21.8. The molecule has 0 spiro atoms. The van der Waals surface area contributed by atoms with E-state index in [1.54, 1.807) is 0 Å². The summed E-state index contributed by atoms with van der Waals surface area (Å²) in [6.45, 7) is 2.33. The zero-order valence-corrected chi connectivity index (χ0v) is 34.8. The molecule has 0 aromatic rings. The highest BCUT2D eigenvalue weighted by Crippen LogP contribution is 2.43.